The Morgan fingerprint density at radius 3 is 2.78 bits per heavy atom. The lowest BCUT2D eigenvalue weighted by molar-refractivity contribution is 0.632. The molecule has 0 aromatic carbocycles. The van der Waals surface area contributed by atoms with Crippen molar-refractivity contribution in [1.29, 1.82) is 0 Å². The van der Waals surface area contributed by atoms with Gasteiger partial charge in [-0.1, -0.05) is 0 Å². The fraction of sp³-hybridized carbons (Fsp3) is 0.167. The summed E-state index contributed by atoms with van der Waals surface area (Å²) in [4.78, 5) is 3.77. The van der Waals surface area contributed by atoms with Gasteiger partial charge in [0, 0.05) is 11.9 Å². The lowest BCUT2D eigenvalue weighted by Crippen LogP contribution is -2.09. The molecule has 9 heavy (non-hydrogen) atoms. The van der Waals surface area contributed by atoms with Crippen LogP contribution in [0, 0.1) is 12.7 Å². The molecule has 0 saturated carbocycles. The number of hydrogen-bond donors (Lipinski definition) is 0. The molecule has 1 heterocycles. The first-order valence-corrected chi connectivity index (χ1v) is 2.58. The second kappa shape index (κ2) is 2.17. The van der Waals surface area contributed by atoms with Gasteiger partial charge in [0.15, 0.2) is 0 Å². The van der Waals surface area contributed by atoms with Crippen LogP contribution >= 0.6 is 0 Å². The van der Waals surface area contributed by atoms with Crippen LogP contribution in [0.15, 0.2) is 12.3 Å². The Balaban J connectivity index is 3.17. The van der Waals surface area contributed by atoms with Gasteiger partial charge in [0.25, 0.3) is 0 Å². The predicted octanol–water partition coefficient (Wildman–Crippen LogP) is 0.323. The molecule has 0 N–H and O–H groups in total. The Kier molecular flexibility index (Phi) is 1.51. The molecule has 2 radical (unpaired) electrons. The van der Waals surface area contributed by atoms with Crippen molar-refractivity contribution in [2.75, 3.05) is 0 Å². The second-order valence-corrected chi connectivity index (χ2v) is 1.85. The fourth-order valence-electron chi connectivity index (χ4n) is 0.537. The number of rotatable bonds is 0. The van der Waals surface area contributed by atoms with Gasteiger partial charge in [-0.2, -0.15) is 0 Å². The molecule has 0 bridgehead atoms. The van der Waals surface area contributed by atoms with E-state index in [-0.39, 0.29) is 5.46 Å². The second-order valence-electron chi connectivity index (χ2n) is 1.85. The van der Waals surface area contributed by atoms with E-state index in [0.717, 1.165) is 0 Å². The Morgan fingerprint density at radius 1 is 1.67 bits per heavy atom. The summed E-state index contributed by atoms with van der Waals surface area (Å²) in [7, 11) is 5.15. The molecule has 0 fully saturated rings. The highest BCUT2D eigenvalue weighted by Crippen LogP contribution is 1.92. The van der Waals surface area contributed by atoms with E-state index < -0.39 is 5.82 Å². The molecule has 0 amide bonds. The number of nitrogens with zero attached hydrogens (tertiary/aromatic N) is 1. The highest BCUT2D eigenvalue weighted by Gasteiger charge is 1.94. The van der Waals surface area contributed by atoms with Crippen molar-refractivity contribution in [3.8, 4) is 0 Å². The molecule has 44 valence electrons. The zero-order valence-electron chi connectivity index (χ0n) is 5.06. The van der Waals surface area contributed by atoms with Crippen molar-refractivity contribution in [3.63, 3.8) is 0 Å². The van der Waals surface area contributed by atoms with E-state index in [1.54, 1.807) is 6.92 Å². The molecule has 0 saturated heterocycles. The first-order valence-electron chi connectivity index (χ1n) is 2.58. The van der Waals surface area contributed by atoms with Gasteiger partial charge < -0.3 is 0 Å². The van der Waals surface area contributed by atoms with Crippen molar-refractivity contribution < 1.29 is 4.39 Å². The summed E-state index contributed by atoms with van der Waals surface area (Å²) in [6, 6.07) is 1.30. The maximum Gasteiger partial charge on any atom is 0.120 e. The quantitative estimate of drug-likeness (QED) is 0.450. The van der Waals surface area contributed by atoms with Crippen LogP contribution in [0.4, 0.5) is 4.39 Å². The number of pyridine rings is 1. The first-order chi connectivity index (χ1) is 4.20. The van der Waals surface area contributed by atoms with Crippen molar-refractivity contribution in [3.05, 3.63) is 23.8 Å². The summed E-state index contributed by atoms with van der Waals surface area (Å²) < 4.78 is 12.4. The Hall–Kier alpha value is -0.855. The standard InChI is InChI=1S/C6H5BFN/c1-4-2-6(8)5(7)3-9-4/h2-3H,1H3. The normalized spacial score (nSPS) is 9.56. The van der Waals surface area contributed by atoms with Gasteiger partial charge in [0.1, 0.15) is 13.7 Å². The SMILES string of the molecule is [B]c1cnc(C)cc1F. The Bertz CT molecular complexity index is 224. The Labute approximate surface area is 54.3 Å². The van der Waals surface area contributed by atoms with E-state index in [9.17, 15) is 4.39 Å². The minimum Gasteiger partial charge on any atom is -0.262 e. The van der Waals surface area contributed by atoms with Crippen molar-refractivity contribution in [2.45, 2.75) is 6.92 Å². The lowest BCUT2D eigenvalue weighted by Gasteiger charge is -1.94. The molecule has 0 aliphatic rings. The van der Waals surface area contributed by atoms with Crippen molar-refractivity contribution in [1.82, 2.24) is 4.98 Å². The average molecular weight is 121 g/mol. The lowest BCUT2D eigenvalue weighted by atomic mass is 9.98. The molecule has 0 aliphatic heterocycles. The van der Waals surface area contributed by atoms with E-state index in [1.807, 2.05) is 0 Å². The summed E-state index contributed by atoms with van der Waals surface area (Å²) in [5, 5.41) is 0. The van der Waals surface area contributed by atoms with Gasteiger partial charge in [-0.25, -0.2) is 4.39 Å². The molecule has 1 nitrogen and oxygen atoms in total. The molecule has 1 rings (SSSR count). The maximum atomic E-state index is 12.4. The third-order valence-corrected chi connectivity index (χ3v) is 1.02. The van der Waals surface area contributed by atoms with Crippen LogP contribution in [0.5, 0.6) is 0 Å². The topological polar surface area (TPSA) is 12.9 Å². The van der Waals surface area contributed by atoms with Gasteiger partial charge in [0.2, 0.25) is 0 Å². The zero-order chi connectivity index (χ0) is 6.85. The molecule has 1 aromatic heterocycles. The third kappa shape index (κ3) is 1.28. The fourth-order valence-corrected chi connectivity index (χ4v) is 0.537. The minimum absolute atomic E-state index is 0.0978. The monoisotopic (exact) mass is 121 g/mol. The predicted molar refractivity (Wildman–Crippen MR) is 34.3 cm³/mol. The molecule has 1 aromatic rings. The molecule has 0 aliphatic carbocycles. The first kappa shape index (κ1) is 6.27. The van der Waals surface area contributed by atoms with Crippen molar-refractivity contribution in [2.24, 2.45) is 0 Å². The van der Waals surface area contributed by atoms with E-state index in [0.29, 0.717) is 5.69 Å². The molecule has 3 heteroatoms. The molecule has 0 spiro atoms. The average Bonchev–Trinajstić information content (AvgIpc) is 1.80. The zero-order valence-corrected chi connectivity index (χ0v) is 5.06. The Morgan fingerprint density at radius 2 is 2.33 bits per heavy atom. The van der Waals surface area contributed by atoms with E-state index in [2.05, 4.69) is 4.98 Å². The van der Waals surface area contributed by atoms with Gasteiger partial charge in [-0.05, 0) is 18.5 Å². The third-order valence-electron chi connectivity index (χ3n) is 1.02. The van der Waals surface area contributed by atoms with Gasteiger partial charge in [0.05, 0.1) is 0 Å². The van der Waals surface area contributed by atoms with Gasteiger partial charge in [-0.3, -0.25) is 4.98 Å². The summed E-state index contributed by atoms with van der Waals surface area (Å²) >= 11 is 0. The van der Waals surface area contributed by atoms with Crippen LogP contribution in [-0.4, -0.2) is 12.8 Å². The largest absolute Gasteiger partial charge is 0.262 e. The number of hydrogen-bond acceptors (Lipinski definition) is 1. The maximum absolute atomic E-state index is 12.4. The van der Waals surface area contributed by atoms with E-state index in [1.165, 1.54) is 12.3 Å². The van der Waals surface area contributed by atoms with Gasteiger partial charge >= 0.3 is 0 Å². The molecule has 0 atom stereocenters. The molecule has 0 unspecified atom stereocenters. The van der Waals surface area contributed by atoms with Crippen LogP contribution in [0.1, 0.15) is 5.69 Å². The van der Waals surface area contributed by atoms with Crippen molar-refractivity contribution >= 4 is 13.3 Å². The molecular formula is C6H5BFN. The van der Waals surface area contributed by atoms with E-state index >= 15 is 0 Å². The summed E-state index contributed by atoms with van der Waals surface area (Å²) in [5.74, 6) is -0.400. The van der Waals surface area contributed by atoms with Crippen LogP contribution in [-0.2, 0) is 0 Å². The van der Waals surface area contributed by atoms with Crippen LogP contribution in [0.25, 0.3) is 0 Å². The molecular weight excluding hydrogens is 116 g/mol. The van der Waals surface area contributed by atoms with Crippen LogP contribution in [0.2, 0.25) is 0 Å². The van der Waals surface area contributed by atoms with Gasteiger partial charge in [-0.15, -0.1) is 0 Å². The number of aryl methyl sites for hydroxylation is 1. The summed E-state index contributed by atoms with van der Waals surface area (Å²) in [6.45, 7) is 1.71. The summed E-state index contributed by atoms with van der Waals surface area (Å²) in [6.07, 6.45) is 1.31. The summed E-state index contributed by atoms with van der Waals surface area (Å²) in [5.41, 5.74) is 0.738. The van der Waals surface area contributed by atoms with E-state index in [4.69, 9.17) is 7.85 Å². The highest BCUT2D eigenvalue weighted by atomic mass is 19.1. The number of halogens is 1. The van der Waals surface area contributed by atoms with Crippen LogP contribution < -0.4 is 5.46 Å². The number of aromatic nitrogens is 1. The van der Waals surface area contributed by atoms with Crippen LogP contribution in [0.3, 0.4) is 0 Å². The highest BCUT2D eigenvalue weighted by molar-refractivity contribution is 6.32. The minimum atomic E-state index is -0.400. The smallest absolute Gasteiger partial charge is 0.120 e.